The van der Waals surface area contributed by atoms with Gasteiger partial charge in [0, 0.05) is 35.0 Å². The van der Waals surface area contributed by atoms with Gasteiger partial charge in [0.25, 0.3) is 0 Å². The molecule has 3 aliphatic rings. The van der Waals surface area contributed by atoms with E-state index < -0.39 is 0 Å². The molecule has 2 aromatic carbocycles. The van der Waals surface area contributed by atoms with E-state index in [1.165, 1.54) is 22.3 Å². The quantitative estimate of drug-likeness (QED) is 0.181. The minimum Gasteiger partial charge on any atom is -0.257 e. The maximum atomic E-state index is 5.22. The smallest absolute Gasteiger partial charge is 0.164 e. The van der Waals surface area contributed by atoms with E-state index in [4.69, 9.17) is 15.0 Å². The molecule has 0 amide bonds. The first-order valence-corrected chi connectivity index (χ1v) is 16.7. The second-order valence-electron chi connectivity index (χ2n) is 12.3. The average Bonchev–Trinajstić information content (AvgIpc) is 3.19. The van der Waals surface area contributed by atoms with Gasteiger partial charge >= 0.3 is 0 Å². The number of nitrogens with zero attached hydrogens (tertiary/aromatic N) is 5. The molecule has 0 bridgehead atoms. The van der Waals surface area contributed by atoms with E-state index in [0.29, 0.717) is 17.5 Å². The lowest BCUT2D eigenvalue weighted by Gasteiger charge is -2.23. The number of pyridine rings is 2. The van der Waals surface area contributed by atoms with Gasteiger partial charge in [-0.2, -0.15) is 0 Å². The van der Waals surface area contributed by atoms with Crippen LogP contribution in [-0.4, -0.2) is 24.9 Å². The van der Waals surface area contributed by atoms with Crippen LogP contribution in [-0.2, 0) is 0 Å². The number of allylic oxidation sites excluding steroid dienone is 12. The van der Waals surface area contributed by atoms with Crippen LogP contribution in [0.4, 0.5) is 0 Å². The lowest BCUT2D eigenvalue weighted by Crippen LogP contribution is -2.10. The number of hydrogen-bond acceptors (Lipinski definition) is 5. The van der Waals surface area contributed by atoms with Crippen LogP contribution in [0.2, 0.25) is 0 Å². The van der Waals surface area contributed by atoms with Crippen molar-refractivity contribution in [2.24, 2.45) is 0 Å². The molecule has 5 aromatic rings. The zero-order chi connectivity index (χ0) is 32.1. The molecule has 1 atom stereocenters. The second-order valence-corrected chi connectivity index (χ2v) is 12.3. The molecule has 0 radical (unpaired) electrons. The number of aromatic nitrogens is 5. The molecule has 0 aliphatic heterocycles. The molecule has 5 heteroatoms. The molecule has 0 fully saturated rings. The Balaban J connectivity index is 1.27. The van der Waals surface area contributed by atoms with Gasteiger partial charge in [0.1, 0.15) is 0 Å². The van der Waals surface area contributed by atoms with Crippen molar-refractivity contribution in [1.29, 1.82) is 0 Å². The predicted octanol–water partition coefficient (Wildman–Crippen LogP) is 10.0. The molecule has 3 heterocycles. The van der Waals surface area contributed by atoms with Crippen LogP contribution in [0.15, 0.2) is 157 Å². The van der Waals surface area contributed by atoms with Crippen molar-refractivity contribution in [1.82, 2.24) is 24.9 Å². The van der Waals surface area contributed by atoms with Crippen LogP contribution in [0, 0.1) is 0 Å². The summed E-state index contributed by atoms with van der Waals surface area (Å²) in [6.45, 7) is 0. The summed E-state index contributed by atoms with van der Waals surface area (Å²) in [4.78, 5) is 24.8. The molecule has 0 N–H and O–H groups in total. The lowest BCUT2D eigenvalue weighted by atomic mass is 9.82. The van der Waals surface area contributed by atoms with Crippen LogP contribution >= 0.6 is 0 Å². The molecule has 232 valence electrons. The van der Waals surface area contributed by atoms with Crippen LogP contribution in [0.1, 0.15) is 60.9 Å². The van der Waals surface area contributed by atoms with Gasteiger partial charge in [-0.25, -0.2) is 15.0 Å². The summed E-state index contributed by atoms with van der Waals surface area (Å²) >= 11 is 0. The highest BCUT2D eigenvalue weighted by Gasteiger charge is 2.24. The van der Waals surface area contributed by atoms with Crippen molar-refractivity contribution in [2.45, 2.75) is 38.0 Å². The van der Waals surface area contributed by atoms with Crippen LogP contribution in [0.5, 0.6) is 0 Å². The van der Waals surface area contributed by atoms with Gasteiger partial charge in [0.2, 0.25) is 0 Å². The summed E-state index contributed by atoms with van der Waals surface area (Å²) in [5.41, 5.74) is 10.9. The molecule has 5 nitrogen and oxygen atoms in total. The highest BCUT2D eigenvalue weighted by Crippen LogP contribution is 2.39. The maximum absolute atomic E-state index is 5.22. The van der Waals surface area contributed by atoms with E-state index >= 15 is 0 Å². The Labute approximate surface area is 281 Å². The molecule has 48 heavy (non-hydrogen) atoms. The predicted molar refractivity (Wildman–Crippen MR) is 194 cm³/mol. The van der Waals surface area contributed by atoms with E-state index in [2.05, 4.69) is 113 Å². The molecule has 0 saturated heterocycles. The standard InChI is InChI=1S/C43H35N5/c1-3-13-30(14-4-1)36-27-37(31-15-5-2-6-16-31)29-38(28-36)43-47-41(34-19-11-17-32(25-34)39-21-7-9-23-44-39)46-42(48-43)35-20-12-18-33(26-35)40-22-8-10-24-45-40/h1,3-5,7-11,13-17,19-27,29,36H,2,6,12,18,28H2. The fourth-order valence-electron chi connectivity index (χ4n) is 6.63. The first kappa shape index (κ1) is 29.6. The zero-order valence-electron chi connectivity index (χ0n) is 26.7. The lowest BCUT2D eigenvalue weighted by molar-refractivity contribution is 0.843. The molecular weight excluding hydrogens is 587 g/mol. The Bertz CT molecular complexity index is 2140. The molecule has 3 aliphatic carbocycles. The topological polar surface area (TPSA) is 64.5 Å². The van der Waals surface area contributed by atoms with E-state index in [9.17, 15) is 0 Å². The molecule has 1 unspecified atom stereocenters. The Morgan fingerprint density at radius 1 is 0.542 bits per heavy atom. The summed E-state index contributed by atoms with van der Waals surface area (Å²) < 4.78 is 0. The average molecular weight is 622 g/mol. The highest BCUT2D eigenvalue weighted by atomic mass is 15.0. The third kappa shape index (κ3) is 6.40. The van der Waals surface area contributed by atoms with Crippen molar-refractivity contribution in [3.63, 3.8) is 0 Å². The van der Waals surface area contributed by atoms with Crippen molar-refractivity contribution in [3.8, 4) is 22.6 Å². The third-order valence-electron chi connectivity index (χ3n) is 9.07. The number of hydrogen-bond donors (Lipinski definition) is 0. The van der Waals surface area contributed by atoms with Crippen molar-refractivity contribution in [3.05, 3.63) is 180 Å². The van der Waals surface area contributed by atoms with Crippen molar-refractivity contribution < 1.29 is 0 Å². The monoisotopic (exact) mass is 621 g/mol. The Hall–Kier alpha value is -5.81. The van der Waals surface area contributed by atoms with Gasteiger partial charge < -0.3 is 0 Å². The molecule has 0 saturated carbocycles. The van der Waals surface area contributed by atoms with Crippen molar-refractivity contribution in [2.75, 3.05) is 0 Å². The first-order valence-electron chi connectivity index (χ1n) is 16.7. The van der Waals surface area contributed by atoms with Crippen LogP contribution < -0.4 is 0 Å². The van der Waals surface area contributed by atoms with Gasteiger partial charge in [-0.15, -0.1) is 0 Å². The highest BCUT2D eigenvalue weighted by molar-refractivity contribution is 5.84. The Morgan fingerprint density at radius 2 is 1.27 bits per heavy atom. The van der Waals surface area contributed by atoms with Gasteiger partial charge in [0.15, 0.2) is 17.5 Å². The van der Waals surface area contributed by atoms with Gasteiger partial charge in [-0.05, 0) is 102 Å². The van der Waals surface area contributed by atoms with Gasteiger partial charge in [-0.3, -0.25) is 9.97 Å². The normalized spacial score (nSPS) is 17.5. The zero-order valence-corrected chi connectivity index (χ0v) is 26.7. The maximum Gasteiger partial charge on any atom is 0.164 e. The van der Waals surface area contributed by atoms with Crippen molar-refractivity contribution >= 4 is 16.7 Å². The van der Waals surface area contributed by atoms with Crippen LogP contribution in [0.3, 0.4) is 0 Å². The van der Waals surface area contributed by atoms with E-state index in [-0.39, 0.29) is 5.92 Å². The largest absolute Gasteiger partial charge is 0.257 e. The van der Waals surface area contributed by atoms with Gasteiger partial charge in [-0.1, -0.05) is 91.0 Å². The summed E-state index contributed by atoms with van der Waals surface area (Å²) in [5, 5.41) is 0. The number of rotatable bonds is 7. The molecule has 0 spiro atoms. The summed E-state index contributed by atoms with van der Waals surface area (Å²) in [7, 11) is 0. The van der Waals surface area contributed by atoms with E-state index in [1.54, 1.807) is 0 Å². The molecule has 3 aromatic heterocycles. The Kier molecular flexibility index (Phi) is 8.32. The summed E-state index contributed by atoms with van der Waals surface area (Å²) in [6, 6.07) is 31.1. The first-order chi connectivity index (χ1) is 23.8. The minimum absolute atomic E-state index is 0.207. The fourth-order valence-corrected chi connectivity index (χ4v) is 6.63. The fraction of sp³-hybridized carbons (Fsp3) is 0.140. The third-order valence-corrected chi connectivity index (χ3v) is 9.07. The van der Waals surface area contributed by atoms with E-state index in [1.807, 2.05) is 42.7 Å². The Morgan fingerprint density at radius 3 is 2.06 bits per heavy atom. The van der Waals surface area contributed by atoms with Crippen LogP contribution in [0.25, 0.3) is 39.4 Å². The molecular formula is C43H35N5. The number of benzene rings is 2. The summed E-state index contributed by atoms with van der Waals surface area (Å²) in [5.74, 6) is 2.25. The van der Waals surface area contributed by atoms with E-state index in [0.717, 1.165) is 65.8 Å². The SMILES string of the molecule is C1=CC(C2=CC(c3ccccc3)CC(c3nc(C4=CCCC(c5ccccn5)=C4)nc(-c4cccc(-c5ccccn5)c4)n3)=C2)=CCC1. The molecule has 8 rings (SSSR count). The minimum atomic E-state index is 0.207. The summed E-state index contributed by atoms with van der Waals surface area (Å²) in [6.07, 6.45) is 24.4. The second kappa shape index (κ2) is 13.5. The van der Waals surface area contributed by atoms with Gasteiger partial charge in [0.05, 0.1) is 11.4 Å².